The Labute approximate surface area is 307 Å². The van der Waals surface area contributed by atoms with Gasteiger partial charge in [0.25, 0.3) is 0 Å². The molecule has 12 heteroatoms. The van der Waals surface area contributed by atoms with Gasteiger partial charge in [0.05, 0.1) is 67.1 Å². The van der Waals surface area contributed by atoms with Gasteiger partial charge in [0.1, 0.15) is 36.3 Å². The van der Waals surface area contributed by atoms with Crippen molar-refractivity contribution in [1.29, 1.82) is 0 Å². The maximum absolute atomic E-state index is 14.1. The quantitative estimate of drug-likeness (QED) is 0.409. The van der Waals surface area contributed by atoms with Crippen LogP contribution in [0.15, 0.2) is 24.3 Å². The number of methoxy groups -OCH3 is 1. The molecule has 10 rings (SSSR count). The lowest BCUT2D eigenvalue weighted by molar-refractivity contribution is -0.292. The standard InChI is InChI=1S/C40H59NO11/c1-19-11-24-5-7-28-20(2)12-26(45-28)9-10-40-17-33-36(51-40)37-38(50-33)39(52-40)35-29(49-37)8-6-25(47-35)13-22(42)14-27-31(16-30(46-24)21(19)3)48-32(34(27)44-4)15-23(43)18-41/h19,23-39,43H,2-3,5-18,41H2,1,4H3/t19-,23?,24?,25?,26?,27?,28+,29?,30?,31?,32?,33?,34-,35+,36?,37+,38?,39?,40+/m1/s1. The molecular formula is C40H59NO11. The van der Waals surface area contributed by atoms with Crippen molar-refractivity contribution in [3.63, 3.8) is 0 Å². The van der Waals surface area contributed by atoms with Gasteiger partial charge in [-0.1, -0.05) is 20.1 Å². The van der Waals surface area contributed by atoms with Crippen LogP contribution in [0.25, 0.3) is 0 Å². The molecule has 0 amide bonds. The van der Waals surface area contributed by atoms with Gasteiger partial charge in [-0.2, -0.15) is 0 Å². The molecule has 0 saturated carbocycles. The lowest BCUT2D eigenvalue weighted by atomic mass is 9.81. The van der Waals surface area contributed by atoms with E-state index >= 15 is 0 Å². The molecule has 10 heterocycles. The SMILES string of the molecule is C=C1C2CC3OC(CC(O)CN)[C@H](OC)C3CC(=O)CC3CCC4O[C@H]5C6O[C@]7(CCC8CC(=C)[C@H](CCC(C[C@H]1C)O2)O8)CC6OC5C(O7)[C@H]4O3. The fourth-order valence-electron chi connectivity index (χ4n) is 11.3. The molecule has 0 radical (unpaired) electrons. The molecule has 10 aliphatic rings. The molecule has 1 spiro atoms. The van der Waals surface area contributed by atoms with Gasteiger partial charge in [-0.25, -0.2) is 0 Å². The lowest BCUT2D eigenvalue weighted by Gasteiger charge is -2.47. The van der Waals surface area contributed by atoms with Crippen LogP contribution < -0.4 is 5.73 Å². The second-order valence-corrected chi connectivity index (χ2v) is 17.4. The van der Waals surface area contributed by atoms with Crippen LogP contribution in [0.3, 0.4) is 0 Å². The Morgan fingerprint density at radius 1 is 0.808 bits per heavy atom. The van der Waals surface area contributed by atoms with E-state index in [1.165, 1.54) is 0 Å². The first-order valence-corrected chi connectivity index (χ1v) is 20.2. The zero-order valence-electron chi connectivity index (χ0n) is 30.8. The summed E-state index contributed by atoms with van der Waals surface area (Å²) in [5.41, 5.74) is 8.01. The zero-order valence-corrected chi connectivity index (χ0v) is 30.8. The third kappa shape index (κ3) is 6.59. The maximum Gasteiger partial charge on any atom is 0.172 e. The zero-order chi connectivity index (χ0) is 35.9. The van der Waals surface area contributed by atoms with Gasteiger partial charge in [-0.05, 0) is 62.0 Å². The molecule has 19 atom stereocenters. The molecule has 13 unspecified atom stereocenters. The number of hydrogen-bond acceptors (Lipinski definition) is 12. The maximum atomic E-state index is 14.1. The minimum Gasteiger partial charge on any atom is -0.392 e. The number of carbonyl (C=O) groups is 1. The van der Waals surface area contributed by atoms with Crippen molar-refractivity contribution < 1.29 is 52.5 Å². The van der Waals surface area contributed by atoms with E-state index in [1.54, 1.807) is 7.11 Å². The van der Waals surface area contributed by atoms with Crippen LogP contribution >= 0.6 is 0 Å². The van der Waals surface area contributed by atoms with Crippen molar-refractivity contribution in [1.82, 2.24) is 0 Å². The molecule has 10 aliphatic heterocycles. The molecule has 12 bridgehead atoms. The summed E-state index contributed by atoms with van der Waals surface area (Å²) in [5, 5.41) is 10.5. The van der Waals surface area contributed by atoms with Crippen LogP contribution in [0, 0.1) is 11.8 Å². The number of Topliss-reactive ketones (excluding diaryl/α,β-unsaturated/α-hetero) is 1. The second kappa shape index (κ2) is 14.3. The van der Waals surface area contributed by atoms with E-state index < -0.39 is 18.0 Å². The van der Waals surface area contributed by atoms with Gasteiger partial charge >= 0.3 is 0 Å². The Bertz CT molecular complexity index is 1380. The van der Waals surface area contributed by atoms with Crippen LogP contribution in [0.4, 0.5) is 0 Å². The Morgan fingerprint density at radius 3 is 2.38 bits per heavy atom. The number of fused-ring (bicyclic) bond motifs is 6. The van der Waals surface area contributed by atoms with Gasteiger partial charge in [-0.3, -0.25) is 4.79 Å². The Kier molecular flexibility index (Phi) is 10.0. The first-order chi connectivity index (χ1) is 25.1. The molecule has 0 aromatic heterocycles. The average Bonchev–Trinajstić information content (AvgIpc) is 3.79. The molecule has 10 fully saturated rings. The van der Waals surface area contributed by atoms with Gasteiger partial charge < -0.3 is 53.5 Å². The van der Waals surface area contributed by atoms with E-state index in [-0.39, 0.29) is 122 Å². The molecule has 0 aliphatic carbocycles. The summed E-state index contributed by atoms with van der Waals surface area (Å²) in [6.45, 7) is 11.3. The molecule has 52 heavy (non-hydrogen) atoms. The highest BCUT2D eigenvalue weighted by atomic mass is 16.8. The van der Waals surface area contributed by atoms with E-state index in [0.29, 0.717) is 25.7 Å². The average molecular weight is 730 g/mol. The molecular weight excluding hydrogens is 670 g/mol. The fourth-order valence-corrected chi connectivity index (χ4v) is 11.3. The van der Waals surface area contributed by atoms with Gasteiger partial charge in [0, 0.05) is 58.1 Å². The summed E-state index contributed by atoms with van der Waals surface area (Å²) >= 11 is 0. The van der Waals surface area contributed by atoms with Crippen molar-refractivity contribution in [2.45, 2.75) is 194 Å². The second-order valence-electron chi connectivity index (χ2n) is 17.4. The summed E-state index contributed by atoms with van der Waals surface area (Å²) in [6, 6.07) is 0. The number of hydrogen-bond donors (Lipinski definition) is 2. The van der Waals surface area contributed by atoms with Crippen molar-refractivity contribution in [3.8, 4) is 0 Å². The largest absolute Gasteiger partial charge is 0.392 e. The van der Waals surface area contributed by atoms with Gasteiger partial charge in [0.2, 0.25) is 0 Å². The normalized spacial score (nSPS) is 52.4. The predicted molar refractivity (Wildman–Crippen MR) is 186 cm³/mol. The molecule has 3 N–H and O–H groups in total. The van der Waals surface area contributed by atoms with Crippen LogP contribution in [-0.2, 0) is 47.4 Å². The summed E-state index contributed by atoms with van der Waals surface area (Å²) in [6.07, 6.45) is 4.85. The minimum absolute atomic E-state index is 0.0158. The number of aliphatic hydroxyl groups excluding tert-OH is 1. The van der Waals surface area contributed by atoms with E-state index in [9.17, 15) is 9.90 Å². The van der Waals surface area contributed by atoms with Crippen molar-refractivity contribution >= 4 is 5.78 Å². The Morgan fingerprint density at radius 2 is 1.56 bits per heavy atom. The number of rotatable bonds is 4. The number of ketones is 1. The lowest BCUT2D eigenvalue weighted by Crippen LogP contribution is -2.61. The van der Waals surface area contributed by atoms with Gasteiger partial charge in [-0.15, -0.1) is 0 Å². The molecule has 0 aromatic carbocycles. The predicted octanol–water partition coefficient (Wildman–Crippen LogP) is 3.44. The smallest absolute Gasteiger partial charge is 0.172 e. The monoisotopic (exact) mass is 729 g/mol. The minimum atomic E-state index is -0.780. The highest BCUT2D eigenvalue weighted by molar-refractivity contribution is 5.79. The van der Waals surface area contributed by atoms with Crippen LogP contribution in [0.5, 0.6) is 0 Å². The topological polar surface area (TPSA) is 146 Å². The molecule has 12 nitrogen and oxygen atoms in total. The van der Waals surface area contributed by atoms with Crippen molar-refractivity contribution in [2.24, 2.45) is 17.6 Å². The van der Waals surface area contributed by atoms with Crippen LogP contribution in [0.1, 0.15) is 90.4 Å². The summed E-state index contributed by atoms with van der Waals surface area (Å²) < 4.78 is 60.0. The molecule has 290 valence electrons. The summed E-state index contributed by atoms with van der Waals surface area (Å²) in [4.78, 5) is 14.1. The highest BCUT2D eigenvalue weighted by Gasteiger charge is 2.68. The van der Waals surface area contributed by atoms with E-state index in [1.807, 2.05) is 0 Å². The third-order valence-electron chi connectivity index (χ3n) is 14.0. The van der Waals surface area contributed by atoms with Crippen LogP contribution in [0.2, 0.25) is 0 Å². The summed E-state index contributed by atoms with van der Waals surface area (Å²) in [5.74, 6) is -0.619. The number of nitrogens with two attached hydrogens (primary N) is 1. The van der Waals surface area contributed by atoms with Crippen molar-refractivity contribution in [2.75, 3.05) is 13.7 Å². The van der Waals surface area contributed by atoms with E-state index in [2.05, 4.69) is 20.1 Å². The van der Waals surface area contributed by atoms with Crippen molar-refractivity contribution in [3.05, 3.63) is 24.3 Å². The van der Waals surface area contributed by atoms with Gasteiger partial charge in [0.15, 0.2) is 5.79 Å². The first kappa shape index (κ1) is 36.4. The molecule has 0 aromatic rings. The first-order valence-electron chi connectivity index (χ1n) is 20.2. The Hall–Kier alpha value is -1.29. The number of ether oxygens (including phenoxy) is 9. The van der Waals surface area contributed by atoms with E-state index in [0.717, 1.165) is 56.1 Å². The number of carbonyl (C=O) groups excluding carboxylic acids is 1. The third-order valence-corrected chi connectivity index (χ3v) is 14.0. The highest BCUT2D eigenvalue weighted by Crippen LogP contribution is 2.54. The number of aliphatic hydroxyl groups is 1. The Balaban J connectivity index is 0.994. The molecule has 10 saturated heterocycles. The van der Waals surface area contributed by atoms with E-state index in [4.69, 9.17) is 48.4 Å². The van der Waals surface area contributed by atoms with Crippen LogP contribution in [-0.4, -0.2) is 128 Å². The summed E-state index contributed by atoms with van der Waals surface area (Å²) in [7, 11) is 1.66. The fraction of sp³-hybridized carbons (Fsp3) is 0.875.